The van der Waals surface area contributed by atoms with Gasteiger partial charge in [-0.2, -0.15) is 0 Å². The van der Waals surface area contributed by atoms with Gasteiger partial charge in [0.25, 0.3) is 5.91 Å². The number of hydrogen-bond acceptors (Lipinski definition) is 5. The fraction of sp³-hybridized carbons (Fsp3) is 0.222. The van der Waals surface area contributed by atoms with Gasteiger partial charge in [0.2, 0.25) is 6.79 Å². The molecule has 0 saturated carbocycles. The number of Topliss-reactive ketones (excluding diaryl/α,β-unsaturated/α-hetero) is 1. The molecule has 0 bridgehead atoms. The Hall–Kier alpha value is -3.02. The maximum atomic E-state index is 11.9. The van der Waals surface area contributed by atoms with Gasteiger partial charge in [0.1, 0.15) is 5.75 Å². The number of nitrogens with one attached hydrogen (secondary N) is 1. The first-order valence-corrected chi connectivity index (χ1v) is 7.51. The maximum absolute atomic E-state index is 11.9. The molecule has 1 heterocycles. The van der Waals surface area contributed by atoms with Gasteiger partial charge in [0.05, 0.1) is 0 Å². The lowest BCUT2D eigenvalue weighted by Gasteiger charge is -2.08. The van der Waals surface area contributed by atoms with Crippen molar-refractivity contribution in [2.24, 2.45) is 0 Å². The molecule has 2 aromatic carbocycles. The summed E-state index contributed by atoms with van der Waals surface area (Å²) in [5.41, 5.74) is 1.52. The van der Waals surface area contributed by atoms with Crippen LogP contribution in [0.3, 0.4) is 0 Å². The quantitative estimate of drug-likeness (QED) is 0.824. The van der Waals surface area contributed by atoms with Crippen LogP contribution in [0, 0.1) is 0 Å². The van der Waals surface area contributed by atoms with Gasteiger partial charge in [-0.1, -0.05) is 6.07 Å². The Balaban J connectivity index is 1.46. The average Bonchev–Trinajstić information content (AvgIpc) is 3.06. The standard InChI is InChI=1S/C18H17NO5/c1-12(20)14-3-5-15(6-4-14)22-10-18(21)19-9-13-2-7-16-17(8-13)24-11-23-16/h2-8H,9-11H2,1H3,(H,19,21). The molecule has 0 unspecified atom stereocenters. The molecule has 3 rings (SSSR count). The molecule has 6 heteroatoms. The van der Waals surface area contributed by atoms with Crippen molar-refractivity contribution < 1.29 is 23.8 Å². The zero-order valence-electron chi connectivity index (χ0n) is 13.2. The van der Waals surface area contributed by atoms with Crippen molar-refractivity contribution in [3.8, 4) is 17.2 Å². The Bertz CT molecular complexity index is 755. The van der Waals surface area contributed by atoms with Crippen molar-refractivity contribution in [3.63, 3.8) is 0 Å². The molecule has 1 N–H and O–H groups in total. The largest absolute Gasteiger partial charge is 0.484 e. The number of rotatable bonds is 6. The van der Waals surface area contributed by atoms with E-state index in [2.05, 4.69) is 5.32 Å². The number of amides is 1. The molecule has 0 atom stereocenters. The van der Waals surface area contributed by atoms with Gasteiger partial charge in [-0.3, -0.25) is 9.59 Å². The number of carbonyl (C=O) groups excluding carboxylic acids is 2. The van der Waals surface area contributed by atoms with Crippen LogP contribution >= 0.6 is 0 Å². The van der Waals surface area contributed by atoms with Gasteiger partial charge < -0.3 is 19.5 Å². The summed E-state index contributed by atoms with van der Waals surface area (Å²) >= 11 is 0. The fourth-order valence-electron chi connectivity index (χ4n) is 2.24. The molecule has 1 aliphatic rings. The maximum Gasteiger partial charge on any atom is 0.258 e. The van der Waals surface area contributed by atoms with Crippen molar-refractivity contribution in [1.82, 2.24) is 5.32 Å². The average molecular weight is 327 g/mol. The van der Waals surface area contributed by atoms with Crippen molar-refractivity contribution in [2.45, 2.75) is 13.5 Å². The second kappa shape index (κ2) is 7.04. The summed E-state index contributed by atoms with van der Waals surface area (Å²) in [5.74, 6) is 1.69. The van der Waals surface area contributed by atoms with E-state index in [0.717, 1.165) is 5.56 Å². The molecule has 1 amide bonds. The topological polar surface area (TPSA) is 73.9 Å². The normalized spacial score (nSPS) is 11.9. The summed E-state index contributed by atoms with van der Waals surface area (Å²) in [5, 5.41) is 2.78. The first-order chi connectivity index (χ1) is 11.6. The van der Waals surface area contributed by atoms with Crippen LogP contribution < -0.4 is 19.5 Å². The van der Waals surface area contributed by atoms with Gasteiger partial charge in [0, 0.05) is 12.1 Å². The first kappa shape index (κ1) is 15.9. The van der Waals surface area contributed by atoms with E-state index in [1.165, 1.54) is 6.92 Å². The number of carbonyl (C=O) groups is 2. The SMILES string of the molecule is CC(=O)c1ccc(OCC(=O)NCc2ccc3c(c2)OCO3)cc1. The van der Waals surface area contributed by atoms with Crippen LogP contribution in [0.1, 0.15) is 22.8 Å². The van der Waals surface area contributed by atoms with Gasteiger partial charge in [0.15, 0.2) is 23.9 Å². The van der Waals surface area contributed by atoms with Crippen molar-refractivity contribution in [3.05, 3.63) is 53.6 Å². The lowest BCUT2D eigenvalue weighted by molar-refractivity contribution is -0.123. The minimum absolute atomic E-state index is 0.0111. The zero-order valence-corrected chi connectivity index (χ0v) is 13.2. The summed E-state index contributed by atoms with van der Waals surface area (Å²) in [7, 11) is 0. The lowest BCUT2D eigenvalue weighted by atomic mass is 10.1. The molecule has 1 aliphatic heterocycles. The second-order valence-corrected chi connectivity index (χ2v) is 5.33. The minimum Gasteiger partial charge on any atom is -0.484 e. The van der Waals surface area contributed by atoms with E-state index in [1.54, 1.807) is 24.3 Å². The van der Waals surface area contributed by atoms with Crippen LogP contribution in [0.2, 0.25) is 0 Å². The highest BCUT2D eigenvalue weighted by atomic mass is 16.7. The van der Waals surface area contributed by atoms with E-state index in [9.17, 15) is 9.59 Å². The Morgan fingerprint density at radius 3 is 2.58 bits per heavy atom. The monoisotopic (exact) mass is 327 g/mol. The molecular formula is C18H17NO5. The first-order valence-electron chi connectivity index (χ1n) is 7.51. The second-order valence-electron chi connectivity index (χ2n) is 5.33. The van der Waals surface area contributed by atoms with Crippen LogP contribution in [-0.4, -0.2) is 25.1 Å². The Kier molecular flexibility index (Phi) is 4.65. The third-order valence-electron chi connectivity index (χ3n) is 3.56. The van der Waals surface area contributed by atoms with E-state index >= 15 is 0 Å². The molecule has 0 spiro atoms. The fourth-order valence-corrected chi connectivity index (χ4v) is 2.24. The molecule has 0 fully saturated rings. The van der Waals surface area contributed by atoms with Gasteiger partial charge in [-0.05, 0) is 48.9 Å². The van der Waals surface area contributed by atoms with E-state index < -0.39 is 0 Å². The predicted molar refractivity (Wildman–Crippen MR) is 86.4 cm³/mol. The van der Waals surface area contributed by atoms with Gasteiger partial charge in [-0.15, -0.1) is 0 Å². The van der Waals surface area contributed by atoms with Crippen LogP contribution in [0.4, 0.5) is 0 Å². The van der Waals surface area contributed by atoms with Crippen molar-refractivity contribution in [1.29, 1.82) is 0 Å². The van der Waals surface area contributed by atoms with Crippen LogP contribution in [0.5, 0.6) is 17.2 Å². The van der Waals surface area contributed by atoms with E-state index in [-0.39, 0.29) is 25.1 Å². The summed E-state index contributed by atoms with van der Waals surface area (Å²) in [6, 6.07) is 12.2. The Morgan fingerprint density at radius 1 is 1.08 bits per heavy atom. The van der Waals surface area contributed by atoms with Gasteiger partial charge in [-0.25, -0.2) is 0 Å². The summed E-state index contributed by atoms with van der Waals surface area (Å²) in [4.78, 5) is 23.0. The third kappa shape index (κ3) is 3.84. The molecule has 0 saturated heterocycles. The smallest absolute Gasteiger partial charge is 0.258 e. The predicted octanol–water partition coefficient (Wildman–Crippen LogP) is 2.31. The minimum atomic E-state index is -0.233. The van der Waals surface area contributed by atoms with E-state index in [4.69, 9.17) is 14.2 Å². The highest BCUT2D eigenvalue weighted by Crippen LogP contribution is 2.32. The zero-order chi connectivity index (χ0) is 16.9. The van der Waals surface area contributed by atoms with Crippen LogP contribution in [0.15, 0.2) is 42.5 Å². The highest BCUT2D eigenvalue weighted by Gasteiger charge is 2.13. The van der Waals surface area contributed by atoms with Gasteiger partial charge >= 0.3 is 0 Å². The van der Waals surface area contributed by atoms with E-state index in [1.807, 2.05) is 18.2 Å². The van der Waals surface area contributed by atoms with Crippen molar-refractivity contribution in [2.75, 3.05) is 13.4 Å². The number of benzene rings is 2. The molecule has 2 aromatic rings. The molecule has 124 valence electrons. The Morgan fingerprint density at radius 2 is 1.83 bits per heavy atom. The van der Waals surface area contributed by atoms with Crippen LogP contribution in [0.25, 0.3) is 0 Å². The summed E-state index contributed by atoms with van der Waals surface area (Å²) < 4.78 is 15.9. The lowest BCUT2D eigenvalue weighted by Crippen LogP contribution is -2.28. The summed E-state index contributed by atoms with van der Waals surface area (Å²) in [6.45, 7) is 2.01. The van der Waals surface area contributed by atoms with E-state index in [0.29, 0.717) is 29.4 Å². The number of hydrogen-bond donors (Lipinski definition) is 1. The third-order valence-corrected chi connectivity index (χ3v) is 3.56. The summed E-state index contributed by atoms with van der Waals surface area (Å²) in [6.07, 6.45) is 0. The molecule has 6 nitrogen and oxygen atoms in total. The number of fused-ring (bicyclic) bond motifs is 1. The molecule has 0 radical (unpaired) electrons. The highest BCUT2D eigenvalue weighted by molar-refractivity contribution is 5.94. The molecular weight excluding hydrogens is 310 g/mol. The number of ketones is 1. The van der Waals surface area contributed by atoms with Crippen LogP contribution in [-0.2, 0) is 11.3 Å². The Labute approximate surface area is 139 Å². The van der Waals surface area contributed by atoms with Crippen molar-refractivity contribution >= 4 is 11.7 Å². The molecule has 0 aliphatic carbocycles. The number of ether oxygens (including phenoxy) is 3. The molecule has 24 heavy (non-hydrogen) atoms. The molecule has 0 aromatic heterocycles.